The number of rotatable bonds is 7. The first-order valence-corrected chi connectivity index (χ1v) is 10.8. The van der Waals surface area contributed by atoms with Crippen LogP contribution in [-0.4, -0.2) is 36.3 Å². The Morgan fingerprint density at radius 2 is 1.58 bits per heavy atom. The van der Waals surface area contributed by atoms with Gasteiger partial charge in [-0.05, 0) is 56.4 Å². The Hall–Kier alpha value is -3.69. The number of hydrogen-bond acceptors (Lipinski definition) is 5. The van der Waals surface area contributed by atoms with Crippen LogP contribution in [0.1, 0.15) is 27.4 Å². The number of amides is 2. The van der Waals surface area contributed by atoms with E-state index >= 15 is 0 Å². The zero-order valence-electron chi connectivity index (χ0n) is 17.2. The lowest BCUT2D eigenvalue weighted by Gasteiger charge is -2.15. The molecule has 0 fully saturated rings. The summed E-state index contributed by atoms with van der Waals surface area (Å²) in [4.78, 5) is 39.5. The summed E-state index contributed by atoms with van der Waals surface area (Å²) in [7, 11) is 0. The van der Waals surface area contributed by atoms with Crippen molar-refractivity contribution in [3.8, 4) is 11.1 Å². The van der Waals surface area contributed by atoms with E-state index in [-0.39, 0.29) is 18.1 Å². The van der Waals surface area contributed by atoms with E-state index in [9.17, 15) is 14.4 Å². The summed E-state index contributed by atoms with van der Waals surface area (Å²) in [5.74, 6) is -1.88. The van der Waals surface area contributed by atoms with Gasteiger partial charge >= 0.3 is 12.1 Å². The molecule has 3 aromatic rings. The van der Waals surface area contributed by atoms with Crippen molar-refractivity contribution in [1.82, 2.24) is 5.48 Å². The number of hydrogen-bond donors (Lipinski definition) is 3. The number of benzene rings is 3. The van der Waals surface area contributed by atoms with Crippen molar-refractivity contribution in [2.24, 2.45) is 0 Å². The van der Waals surface area contributed by atoms with Crippen LogP contribution < -0.4 is 10.8 Å². The fourth-order valence-electron chi connectivity index (χ4n) is 3.72. The highest BCUT2D eigenvalue weighted by Crippen LogP contribution is 2.44. The first-order valence-electron chi connectivity index (χ1n) is 9.99. The molecule has 0 spiro atoms. The number of carboxylic acids is 1. The molecule has 0 unspecified atom stereocenters. The zero-order chi connectivity index (χ0) is 23.4. The number of hydroxylamine groups is 1. The van der Waals surface area contributed by atoms with Crippen LogP contribution in [0.25, 0.3) is 11.1 Å². The van der Waals surface area contributed by atoms with Gasteiger partial charge in [0.15, 0.2) is 6.61 Å². The van der Waals surface area contributed by atoms with Crippen molar-refractivity contribution >= 4 is 39.6 Å². The number of fused-ring (bicyclic) bond motifs is 3. The predicted molar refractivity (Wildman–Crippen MR) is 124 cm³/mol. The third-order valence-electron chi connectivity index (χ3n) is 5.17. The molecule has 9 heteroatoms. The average molecular weight is 511 g/mol. The molecule has 0 atom stereocenters. The van der Waals surface area contributed by atoms with Crippen molar-refractivity contribution in [3.05, 3.63) is 87.9 Å². The number of nitrogens with one attached hydrogen (secondary N) is 2. The Bertz CT molecular complexity index is 1180. The summed E-state index contributed by atoms with van der Waals surface area (Å²) in [6, 6.07) is 20.6. The van der Waals surface area contributed by atoms with Crippen LogP contribution in [0.3, 0.4) is 0 Å². The van der Waals surface area contributed by atoms with Gasteiger partial charge in [0.25, 0.3) is 5.91 Å². The van der Waals surface area contributed by atoms with Gasteiger partial charge in [0.2, 0.25) is 0 Å². The van der Waals surface area contributed by atoms with Gasteiger partial charge < -0.3 is 9.84 Å². The number of carboxylic acid groups (broad SMARTS) is 1. The van der Waals surface area contributed by atoms with Gasteiger partial charge in [-0.15, -0.1) is 0 Å². The number of carbonyl (C=O) groups excluding carboxylic acids is 2. The molecule has 33 heavy (non-hydrogen) atoms. The highest BCUT2D eigenvalue weighted by atomic mass is 79.9. The molecule has 1 aliphatic rings. The molecule has 3 N–H and O–H groups in total. The minimum absolute atomic E-state index is 0.0523. The minimum atomic E-state index is -1.21. The molecule has 2 amide bonds. The number of ether oxygens (including phenoxy) is 1. The SMILES string of the molecule is O=C(O)CONC(=O)c1ccc(NC(=O)OCC2c3ccccc3-c3ccccc32)c(Br)c1. The topological polar surface area (TPSA) is 114 Å². The summed E-state index contributed by atoms with van der Waals surface area (Å²) < 4.78 is 5.97. The van der Waals surface area contributed by atoms with Gasteiger partial charge in [-0.25, -0.2) is 15.1 Å². The van der Waals surface area contributed by atoms with Gasteiger partial charge in [-0.3, -0.25) is 14.9 Å². The molecule has 168 valence electrons. The van der Waals surface area contributed by atoms with Crippen molar-refractivity contribution in [1.29, 1.82) is 0 Å². The summed E-state index contributed by atoms with van der Waals surface area (Å²) >= 11 is 3.31. The first kappa shape index (κ1) is 22.5. The van der Waals surface area contributed by atoms with Crippen molar-refractivity contribution < 1.29 is 29.1 Å². The molecule has 0 radical (unpaired) electrons. The maximum atomic E-state index is 12.5. The molecule has 4 rings (SSSR count). The van der Waals surface area contributed by atoms with Crippen molar-refractivity contribution in [2.45, 2.75) is 5.92 Å². The van der Waals surface area contributed by atoms with E-state index in [1.807, 2.05) is 41.9 Å². The quantitative estimate of drug-likeness (QED) is 0.401. The van der Waals surface area contributed by atoms with E-state index in [2.05, 4.69) is 38.2 Å². The summed E-state index contributed by atoms with van der Waals surface area (Å²) in [5.41, 5.74) is 7.18. The Kier molecular flexibility index (Phi) is 6.71. The van der Waals surface area contributed by atoms with Gasteiger partial charge in [0.05, 0.1) is 5.69 Å². The lowest BCUT2D eigenvalue weighted by molar-refractivity contribution is -0.144. The zero-order valence-corrected chi connectivity index (χ0v) is 18.8. The molecule has 0 saturated carbocycles. The van der Waals surface area contributed by atoms with Crippen LogP contribution in [0.4, 0.5) is 10.5 Å². The predicted octanol–water partition coefficient (Wildman–Crippen LogP) is 4.56. The van der Waals surface area contributed by atoms with Crippen LogP contribution in [0.15, 0.2) is 71.2 Å². The van der Waals surface area contributed by atoms with Gasteiger partial charge in [0, 0.05) is 16.0 Å². The normalized spacial score (nSPS) is 11.9. The van der Waals surface area contributed by atoms with E-state index in [0.29, 0.717) is 10.2 Å². The molecule has 0 heterocycles. The smallest absolute Gasteiger partial charge is 0.411 e. The van der Waals surface area contributed by atoms with E-state index in [1.165, 1.54) is 18.2 Å². The van der Waals surface area contributed by atoms with Crippen LogP contribution in [0.2, 0.25) is 0 Å². The van der Waals surface area contributed by atoms with Crippen LogP contribution in [0, 0.1) is 0 Å². The molecule has 0 saturated heterocycles. The molecule has 3 aromatic carbocycles. The highest BCUT2D eigenvalue weighted by Gasteiger charge is 2.29. The number of carbonyl (C=O) groups is 3. The third-order valence-corrected chi connectivity index (χ3v) is 5.83. The number of anilines is 1. The second-order valence-electron chi connectivity index (χ2n) is 7.26. The molecule has 0 aromatic heterocycles. The van der Waals surface area contributed by atoms with Gasteiger partial charge in [0.1, 0.15) is 6.61 Å². The standard InChI is InChI=1S/C24H19BrN2O6/c25-20-11-14(23(30)27-33-13-22(28)29)9-10-21(20)26-24(31)32-12-19-17-7-3-1-5-15(17)16-6-2-4-8-18(16)19/h1-11,19H,12-13H2,(H,26,31)(H,27,30)(H,28,29). The van der Waals surface area contributed by atoms with E-state index in [0.717, 1.165) is 22.3 Å². The number of halogens is 1. The molecule has 0 bridgehead atoms. The van der Waals surface area contributed by atoms with Crippen LogP contribution >= 0.6 is 15.9 Å². The fraction of sp³-hybridized carbons (Fsp3) is 0.125. The fourth-order valence-corrected chi connectivity index (χ4v) is 4.20. The Morgan fingerprint density at radius 3 is 2.18 bits per heavy atom. The second kappa shape index (κ2) is 9.85. The molecular weight excluding hydrogens is 492 g/mol. The Balaban J connectivity index is 1.38. The Labute approximate surface area is 197 Å². The third kappa shape index (κ3) is 5.05. The van der Waals surface area contributed by atoms with E-state index in [4.69, 9.17) is 9.84 Å². The first-order chi connectivity index (χ1) is 15.9. The highest BCUT2D eigenvalue weighted by molar-refractivity contribution is 9.10. The molecular formula is C24H19BrN2O6. The van der Waals surface area contributed by atoms with E-state index < -0.39 is 24.6 Å². The van der Waals surface area contributed by atoms with Gasteiger partial charge in [-0.2, -0.15) is 0 Å². The Morgan fingerprint density at radius 1 is 0.939 bits per heavy atom. The van der Waals surface area contributed by atoms with Crippen LogP contribution in [0.5, 0.6) is 0 Å². The lowest BCUT2D eigenvalue weighted by atomic mass is 9.98. The van der Waals surface area contributed by atoms with E-state index in [1.54, 1.807) is 0 Å². The largest absolute Gasteiger partial charge is 0.479 e. The molecule has 8 nitrogen and oxygen atoms in total. The maximum Gasteiger partial charge on any atom is 0.411 e. The van der Waals surface area contributed by atoms with Gasteiger partial charge in [-0.1, -0.05) is 48.5 Å². The lowest BCUT2D eigenvalue weighted by Crippen LogP contribution is -2.26. The summed E-state index contributed by atoms with van der Waals surface area (Å²) in [5, 5.41) is 11.2. The minimum Gasteiger partial charge on any atom is -0.479 e. The number of aliphatic carboxylic acids is 1. The maximum absolute atomic E-state index is 12.5. The molecule has 0 aliphatic heterocycles. The monoisotopic (exact) mass is 510 g/mol. The summed E-state index contributed by atoms with van der Waals surface area (Å²) in [6.07, 6.45) is -0.625. The van der Waals surface area contributed by atoms with Crippen molar-refractivity contribution in [2.75, 3.05) is 18.5 Å². The second-order valence-corrected chi connectivity index (χ2v) is 8.11. The molecule has 1 aliphatic carbocycles. The summed E-state index contributed by atoms with van der Waals surface area (Å²) in [6.45, 7) is -0.479. The van der Waals surface area contributed by atoms with Crippen LogP contribution in [-0.2, 0) is 14.4 Å². The van der Waals surface area contributed by atoms with Crippen molar-refractivity contribution in [3.63, 3.8) is 0 Å². The average Bonchev–Trinajstić information content (AvgIpc) is 3.12.